The molecule has 0 bridgehead atoms. The number of esters is 1. The first-order valence-corrected chi connectivity index (χ1v) is 7.11. The zero-order valence-corrected chi connectivity index (χ0v) is 11.4. The molecule has 104 valence electrons. The van der Waals surface area contributed by atoms with Gasteiger partial charge in [-0.2, -0.15) is 0 Å². The maximum Gasteiger partial charge on any atom is 0.320 e. The van der Waals surface area contributed by atoms with Gasteiger partial charge in [-0.3, -0.25) is 14.6 Å². The Hall–Kier alpha value is -0.650. The fraction of sp³-hybridized carbons (Fsp3) is 0.923. The molecule has 0 aromatic heterocycles. The summed E-state index contributed by atoms with van der Waals surface area (Å²) in [5.41, 5.74) is 0. The van der Waals surface area contributed by atoms with Crippen LogP contribution in [0.3, 0.4) is 0 Å². The van der Waals surface area contributed by atoms with Crippen molar-refractivity contribution in [2.24, 2.45) is 0 Å². The van der Waals surface area contributed by atoms with Crippen molar-refractivity contribution in [3.05, 3.63) is 0 Å². The highest BCUT2D eigenvalue weighted by Gasteiger charge is 2.22. The van der Waals surface area contributed by atoms with Crippen molar-refractivity contribution in [3.8, 4) is 0 Å². The van der Waals surface area contributed by atoms with Crippen molar-refractivity contribution in [2.75, 3.05) is 52.4 Å². The van der Waals surface area contributed by atoms with Crippen molar-refractivity contribution in [1.82, 2.24) is 15.1 Å². The van der Waals surface area contributed by atoms with Gasteiger partial charge in [0.2, 0.25) is 0 Å². The second-order valence-corrected chi connectivity index (χ2v) is 5.18. The molecule has 0 spiro atoms. The molecule has 0 amide bonds. The monoisotopic (exact) mass is 255 g/mol. The summed E-state index contributed by atoms with van der Waals surface area (Å²) in [7, 11) is 0. The van der Waals surface area contributed by atoms with E-state index in [1.54, 1.807) is 0 Å². The fourth-order valence-corrected chi connectivity index (χ4v) is 2.74. The summed E-state index contributed by atoms with van der Waals surface area (Å²) in [6.45, 7) is 9.20. The normalized spacial score (nSPS) is 26.4. The lowest BCUT2D eigenvalue weighted by Crippen LogP contribution is -2.50. The molecule has 5 heteroatoms. The van der Waals surface area contributed by atoms with Crippen LogP contribution in [0.15, 0.2) is 0 Å². The first-order chi connectivity index (χ1) is 8.78. The van der Waals surface area contributed by atoms with E-state index in [0.717, 1.165) is 32.7 Å². The number of hydrogen-bond acceptors (Lipinski definition) is 5. The van der Waals surface area contributed by atoms with Crippen LogP contribution in [0.25, 0.3) is 0 Å². The molecule has 0 aromatic rings. The second kappa shape index (κ2) is 7.07. The molecule has 5 nitrogen and oxygen atoms in total. The predicted octanol–water partition coefficient (Wildman–Crippen LogP) is -0.0809. The lowest BCUT2D eigenvalue weighted by molar-refractivity contribution is -0.144. The Kier molecular flexibility index (Phi) is 5.41. The molecule has 0 saturated carbocycles. The molecule has 2 heterocycles. The van der Waals surface area contributed by atoms with E-state index in [1.807, 2.05) is 6.92 Å². The zero-order chi connectivity index (χ0) is 12.8. The quantitative estimate of drug-likeness (QED) is 0.696. The number of hydrogen-bond donors (Lipinski definition) is 1. The molecule has 1 atom stereocenters. The second-order valence-electron chi connectivity index (χ2n) is 5.18. The minimum absolute atomic E-state index is 0.0941. The standard InChI is InChI=1S/C13H25N3O2/c1-2-18-13(17)11-16-8-6-15(7-9-16)10-12-4-3-5-14-12/h12,14H,2-11H2,1H3. The summed E-state index contributed by atoms with van der Waals surface area (Å²) < 4.78 is 4.97. The summed E-state index contributed by atoms with van der Waals surface area (Å²) in [6.07, 6.45) is 2.62. The Labute approximate surface area is 109 Å². The molecule has 0 aliphatic carbocycles. The van der Waals surface area contributed by atoms with E-state index < -0.39 is 0 Å². The van der Waals surface area contributed by atoms with E-state index in [-0.39, 0.29) is 5.97 Å². The first-order valence-electron chi connectivity index (χ1n) is 7.11. The molecule has 2 aliphatic rings. The molecule has 2 rings (SSSR count). The van der Waals surface area contributed by atoms with Crippen LogP contribution in [-0.4, -0.2) is 74.2 Å². The SMILES string of the molecule is CCOC(=O)CN1CCN(CC2CCCN2)CC1. The Morgan fingerprint density at radius 2 is 2.00 bits per heavy atom. The molecule has 1 N–H and O–H groups in total. The highest BCUT2D eigenvalue weighted by molar-refractivity contribution is 5.71. The van der Waals surface area contributed by atoms with E-state index >= 15 is 0 Å². The summed E-state index contributed by atoms with van der Waals surface area (Å²) in [4.78, 5) is 16.1. The maximum absolute atomic E-state index is 11.4. The van der Waals surface area contributed by atoms with Crippen LogP contribution >= 0.6 is 0 Å². The lowest BCUT2D eigenvalue weighted by atomic mass is 10.2. The van der Waals surface area contributed by atoms with Crippen LogP contribution < -0.4 is 5.32 Å². The Balaban J connectivity index is 1.63. The summed E-state index contributed by atoms with van der Waals surface area (Å²) >= 11 is 0. The van der Waals surface area contributed by atoms with Crippen molar-refractivity contribution in [2.45, 2.75) is 25.8 Å². The Morgan fingerprint density at radius 3 is 2.61 bits per heavy atom. The average molecular weight is 255 g/mol. The van der Waals surface area contributed by atoms with Crippen molar-refractivity contribution < 1.29 is 9.53 Å². The van der Waals surface area contributed by atoms with Gasteiger partial charge in [-0.05, 0) is 26.3 Å². The van der Waals surface area contributed by atoms with Gasteiger partial charge in [0.25, 0.3) is 0 Å². The van der Waals surface area contributed by atoms with Crippen molar-refractivity contribution in [3.63, 3.8) is 0 Å². The molecule has 18 heavy (non-hydrogen) atoms. The molecular formula is C13H25N3O2. The van der Waals surface area contributed by atoms with Crippen LogP contribution in [0.2, 0.25) is 0 Å². The van der Waals surface area contributed by atoms with Crippen LogP contribution in [0.1, 0.15) is 19.8 Å². The van der Waals surface area contributed by atoms with Gasteiger partial charge in [-0.15, -0.1) is 0 Å². The minimum Gasteiger partial charge on any atom is -0.465 e. The average Bonchev–Trinajstić information content (AvgIpc) is 2.85. The summed E-state index contributed by atoms with van der Waals surface area (Å²) in [5.74, 6) is -0.0941. The third kappa shape index (κ3) is 4.23. The van der Waals surface area contributed by atoms with Crippen LogP contribution in [0.5, 0.6) is 0 Å². The number of rotatable bonds is 5. The first kappa shape index (κ1) is 13.8. The third-order valence-corrected chi connectivity index (χ3v) is 3.76. The van der Waals surface area contributed by atoms with E-state index in [4.69, 9.17) is 4.74 Å². The topological polar surface area (TPSA) is 44.8 Å². The lowest BCUT2D eigenvalue weighted by Gasteiger charge is -2.35. The molecule has 0 aromatic carbocycles. The summed E-state index contributed by atoms with van der Waals surface area (Å²) in [5, 5.41) is 3.53. The fourth-order valence-electron chi connectivity index (χ4n) is 2.74. The van der Waals surface area contributed by atoms with E-state index in [1.165, 1.54) is 19.4 Å². The molecule has 2 saturated heterocycles. The third-order valence-electron chi connectivity index (χ3n) is 3.76. The van der Waals surface area contributed by atoms with Crippen LogP contribution in [0, 0.1) is 0 Å². The molecule has 2 aliphatic heterocycles. The number of ether oxygens (including phenoxy) is 1. The molecular weight excluding hydrogens is 230 g/mol. The summed E-state index contributed by atoms with van der Waals surface area (Å²) in [6, 6.07) is 0.682. The molecule has 2 fully saturated rings. The van der Waals surface area contributed by atoms with Gasteiger partial charge >= 0.3 is 5.97 Å². The highest BCUT2D eigenvalue weighted by atomic mass is 16.5. The number of carbonyl (C=O) groups is 1. The predicted molar refractivity (Wildman–Crippen MR) is 70.5 cm³/mol. The highest BCUT2D eigenvalue weighted by Crippen LogP contribution is 2.09. The molecule has 1 unspecified atom stereocenters. The Bertz CT molecular complexity index is 259. The van der Waals surface area contributed by atoms with Gasteiger partial charge in [-0.25, -0.2) is 0 Å². The van der Waals surface area contributed by atoms with E-state index in [0.29, 0.717) is 19.2 Å². The smallest absolute Gasteiger partial charge is 0.320 e. The van der Waals surface area contributed by atoms with Crippen LogP contribution in [-0.2, 0) is 9.53 Å². The number of nitrogens with zero attached hydrogens (tertiary/aromatic N) is 2. The van der Waals surface area contributed by atoms with Crippen molar-refractivity contribution >= 4 is 5.97 Å². The number of carbonyl (C=O) groups excluding carboxylic acids is 1. The Morgan fingerprint density at radius 1 is 1.28 bits per heavy atom. The number of piperazine rings is 1. The van der Waals surface area contributed by atoms with Crippen molar-refractivity contribution in [1.29, 1.82) is 0 Å². The van der Waals surface area contributed by atoms with Gasteiger partial charge in [0.15, 0.2) is 0 Å². The van der Waals surface area contributed by atoms with Gasteiger partial charge in [0.05, 0.1) is 13.2 Å². The van der Waals surface area contributed by atoms with Gasteiger partial charge in [0.1, 0.15) is 0 Å². The van der Waals surface area contributed by atoms with Gasteiger partial charge in [-0.1, -0.05) is 0 Å². The zero-order valence-electron chi connectivity index (χ0n) is 11.4. The van der Waals surface area contributed by atoms with Gasteiger partial charge < -0.3 is 10.1 Å². The molecule has 0 radical (unpaired) electrons. The number of nitrogens with one attached hydrogen (secondary N) is 1. The van der Waals surface area contributed by atoms with Gasteiger partial charge in [0, 0.05) is 38.8 Å². The van der Waals surface area contributed by atoms with Crippen LogP contribution in [0.4, 0.5) is 0 Å². The largest absolute Gasteiger partial charge is 0.465 e. The maximum atomic E-state index is 11.4. The minimum atomic E-state index is -0.0941. The van der Waals surface area contributed by atoms with E-state index in [2.05, 4.69) is 15.1 Å². The van der Waals surface area contributed by atoms with E-state index in [9.17, 15) is 4.79 Å².